The van der Waals surface area contributed by atoms with Gasteiger partial charge in [-0.2, -0.15) is 11.8 Å². The van der Waals surface area contributed by atoms with E-state index in [1.54, 1.807) is 0 Å². The lowest BCUT2D eigenvalue weighted by Crippen LogP contribution is -2.43. The second-order valence-electron chi connectivity index (χ2n) is 3.71. The van der Waals surface area contributed by atoms with Crippen LogP contribution in [0.5, 0.6) is 0 Å². The number of thioether (sulfide) groups is 1. The van der Waals surface area contributed by atoms with Gasteiger partial charge in [0, 0.05) is 11.4 Å². The van der Waals surface area contributed by atoms with Crippen molar-refractivity contribution in [2.75, 3.05) is 31.5 Å². The van der Waals surface area contributed by atoms with Crippen molar-refractivity contribution in [3.05, 3.63) is 0 Å². The van der Waals surface area contributed by atoms with Gasteiger partial charge in [-0.25, -0.2) is 0 Å². The van der Waals surface area contributed by atoms with E-state index in [2.05, 4.69) is 32.1 Å². The van der Waals surface area contributed by atoms with Crippen molar-refractivity contribution in [2.45, 2.75) is 25.8 Å². The molecule has 0 radical (unpaired) electrons. The summed E-state index contributed by atoms with van der Waals surface area (Å²) in [5.41, 5.74) is 0.139. The van der Waals surface area contributed by atoms with Gasteiger partial charge in [-0.1, -0.05) is 0 Å². The lowest BCUT2D eigenvalue weighted by atomic mass is 10.1. The quantitative estimate of drug-likeness (QED) is 0.489. The molecular formula is C9H20ClNS. The molecular weight excluding hydrogens is 190 g/mol. The summed E-state index contributed by atoms with van der Waals surface area (Å²) in [4.78, 5) is 2.33. The summed E-state index contributed by atoms with van der Waals surface area (Å²) in [5, 5.41) is 0. The minimum atomic E-state index is 0.139. The Morgan fingerprint density at radius 1 is 1.42 bits per heavy atom. The van der Waals surface area contributed by atoms with Gasteiger partial charge in [-0.3, -0.25) is 0 Å². The molecule has 0 aromatic heterocycles. The van der Waals surface area contributed by atoms with Crippen molar-refractivity contribution in [1.29, 1.82) is 0 Å². The molecule has 0 aromatic carbocycles. The van der Waals surface area contributed by atoms with E-state index in [0.29, 0.717) is 5.88 Å². The fraction of sp³-hybridized carbons (Fsp3) is 1.00. The predicted molar refractivity (Wildman–Crippen MR) is 60.4 cm³/mol. The highest BCUT2D eigenvalue weighted by molar-refractivity contribution is 7.98. The van der Waals surface area contributed by atoms with Crippen LogP contribution in [0, 0.1) is 0 Å². The number of halogens is 1. The van der Waals surface area contributed by atoms with E-state index in [1.807, 2.05) is 11.8 Å². The monoisotopic (exact) mass is 209 g/mol. The average Bonchev–Trinajstić information content (AvgIpc) is 2.05. The van der Waals surface area contributed by atoms with Crippen molar-refractivity contribution in [2.24, 2.45) is 0 Å². The zero-order chi connectivity index (χ0) is 9.61. The molecule has 0 unspecified atom stereocenters. The highest BCUT2D eigenvalue weighted by Crippen LogP contribution is 2.14. The molecule has 0 rings (SSSR count). The van der Waals surface area contributed by atoms with Crippen LogP contribution in [0.4, 0.5) is 0 Å². The fourth-order valence-corrected chi connectivity index (χ4v) is 1.47. The summed E-state index contributed by atoms with van der Waals surface area (Å²) >= 11 is 7.76. The van der Waals surface area contributed by atoms with Gasteiger partial charge < -0.3 is 4.90 Å². The van der Waals surface area contributed by atoms with Crippen LogP contribution in [0.2, 0.25) is 0 Å². The predicted octanol–water partition coefficient (Wildman–Crippen LogP) is 2.69. The maximum absolute atomic E-state index is 5.85. The van der Waals surface area contributed by atoms with Gasteiger partial charge >= 0.3 is 0 Å². The first kappa shape index (κ1) is 12.6. The van der Waals surface area contributed by atoms with Crippen LogP contribution in [-0.2, 0) is 0 Å². The van der Waals surface area contributed by atoms with Crippen LogP contribution in [0.1, 0.15) is 20.3 Å². The van der Waals surface area contributed by atoms with E-state index in [9.17, 15) is 0 Å². The Morgan fingerprint density at radius 2 is 2.00 bits per heavy atom. The molecule has 0 spiro atoms. The minimum absolute atomic E-state index is 0.139. The molecule has 0 aliphatic carbocycles. The first-order valence-corrected chi connectivity index (χ1v) is 6.23. The van der Waals surface area contributed by atoms with E-state index in [-0.39, 0.29) is 5.54 Å². The van der Waals surface area contributed by atoms with Gasteiger partial charge in [0.2, 0.25) is 0 Å². The molecule has 0 aromatic rings. The van der Waals surface area contributed by atoms with E-state index in [4.69, 9.17) is 11.6 Å². The van der Waals surface area contributed by atoms with Crippen LogP contribution in [0.25, 0.3) is 0 Å². The number of hydrogen-bond acceptors (Lipinski definition) is 2. The zero-order valence-corrected chi connectivity index (χ0v) is 10.1. The molecule has 0 fully saturated rings. The standard InChI is InChI=1S/C9H20ClNS/c1-9(2,8-10)11(3)6-5-7-12-4/h5-8H2,1-4H3. The third-order valence-electron chi connectivity index (χ3n) is 2.20. The number of rotatable bonds is 6. The van der Waals surface area contributed by atoms with Crippen molar-refractivity contribution >= 4 is 23.4 Å². The largest absolute Gasteiger partial charge is 0.300 e. The molecule has 0 aliphatic rings. The summed E-state index contributed by atoms with van der Waals surface area (Å²) in [5.74, 6) is 1.94. The smallest absolute Gasteiger partial charge is 0.0402 e. The molecule has 0 heterocycles. The van der Waals surface area contributed by atoms with E-state index >= 15 is 0 Å². The molecule has 3 heteroatoms. The maximum Gasteiger partial charge on any atom is 0.0402 e. The Kier molecular flexibility index (Phi) is 6.42. The molecule has 0 N–H and O–H groups in total. The van der Waals surface area contributed by atoms with Crippen LogP contribution in [0.15, 0.2) is 0 Å². The zero-order valence-electron chi connectivity index (χ0n) is 8.56. The van der Waals surface area contributed by atoms with Crippen LogP contribution >= 0.6 is 23.4 Å². The summed E-state index contributed by atoms with van der Waals surface area (Å²) in [6, 6.07) is 0. The topological polar surface area (TPSA) is 3.24 Å². The highest BCUT2D eigenvalue weighted by atomic mass is 35.5. The van der Waals surface area contributed by atoms with Crippen LogP contribution < -0.4 is 0 Å². The maximum atomic E-state index is 5.85. The summed E-state index contributed by atoms with van der Waals surface area (Å²) in [6.45, 7) is 5.50. The first-order chi connectivity index (χ1) is 5.54. The van der Waals surface area contributed by atoms with Crippen molar-refractivity contribution < 1.29 is 0 Å². The number of alkyl halides is 1. The normalized spacial score (nSPS) is 12.5. The van der Waals surface area contributed by atoms with Crippen LogP contribution in [0.3, 0.4) is 0 Å². The van der Waals surface area contributed by atoms with Gasteiger partial charge in [0.15, 0.2) is 0 Å². The van der Waals surface area contributed by atoms with Gasteiger partial charge in [0.05, 0.1) is 0 Å². The summed E-state index contributed by atoms with van der Waals surface area (Å²) < 4.78 is 0. The Hall–Kier alpha value is 0.600. The molecule has 0 amide bonds. The van der Waals surface area contributed by atoms with Crippen molar-refractivity contribution in [3.8, 4) is 0 Å². The Balaban J connectivity index is 3.63. The van der Waals surface area contributed by atoms with Gasteiger partial charge in [-0.05, 0) is 45.9 Å². The Labute approximate surface area is 85.8 Å². The Bertz CT molecular complexity index is 117. The second kappa shape index (κ2) is 6.11. The van der Waals surface area contributed by atoms with Gasteiger partial charge in [0.25, 0.3) is 0 Å². The SMILES string of the molecule is CSCCCN(C)C(C)(C)CCl. The van der Waals surface area contributed by atoms with Crippen molar-refractivity contribution in [3.63, 3.8) is 0 Å². The van der Waals surface area contributed by atoms with Gasteiger partial charge in [-0.15, -0.1) is 11.6 Å². The van der Waals surface area contributed by atoms with Crippen LogP contribution in [-0.4, -0.2) is 41.9 Å². The minimum Gasteiger partial charge on any atom is -0.300 e. The average molecular weight is 210 g/mol. The fourth-order valence-electron chi connectivity index (χ4n) is 0.851. The molecule has 0 atom stereocenters. The van der Waals surface area contributed by atoms with E-state index in [1.165, 1.54) is 12.2 Å². The molecule has 0 saturated heterocycles. The molecule has 1 nitrogen and oxygen atoms in total. The lowest BCUT2D eigenvalue weighted by Gasteiger charge is -2.33. The van der Waals surface area contributed by atoms with Crippen molar-refractivity contribution in [1.82, 2.24) is 4.90 Å². The highest BCUT2D eigenvalue weighted by Gasteiger charge is 2.21. The molecule has 0 bridgehead atoms. The summed E-state index contributed by atoms with van der Waals surface area (Å²) in [7, 11) is 2.14. The Morgan fingerprint density at radius 3 is 2.42 bits per heavy atom. The number of nitrogens with zero attached hydrogens (tertiary/aromatic N) is 1. The third kappa shape index (κ3) is 4.58. The number of hydrogen-bond donors (Lipinski definition) is 0. The van der Waals surface area contributed by atoms with Gasteiger partial charge in [0.1, 0.15) is 0 Å². The first-order valence-electron chi connectivity index (χ1n) is 4.30. The molecule has 74 valence electrons. The molecule has 0 aliphatic heterocycles. The second-order valence-corrected chi connectivity index (χ2v) is 4.97. The van der Waals surface area contributed by atoms with E-state index < -0.39 is 0 Å². The van der Waals surface area contributed by atoms with E-state index in [0.717, 1.165) is 6.54 Å². The summed E-state index contributed by atoms with van der Waals surface area (Å²) in [6.07, 6.45) is 3.39. The molecule has 0 saturated carbocycles. The third-order valence-corrected chi connectivity index (χ3v) is 3.55. The molecule has 12 heavy (non-hydrogen) atoms. The lowest BCUT2D eigenvalue weighted by molar-refractivity contribution is 0.180.